The summed E-state index contributed by atoms with van der Waals surface area (Å²) in [6, 6.07) is -3.95. The van der Waals surface area contributed by atoms with E-state index in [-0.39, 0.29) is 32.5 Å². The molecule has 1 aliphatic carbocycles. The number of nitrogens with two attached hydrogens (primary N) is 5. The fourth-order valence-electron chi connectivity index (χ4n) is 6.42. The number of azide groups is 1. The fourth-order valence-corrected chi connectivity index (χ4v) is 6.42. The topological polar surface area (TPSA) is 385 Å². The summed E-state index contributed by atoms with van der Waals surface area (Å²) in [5.74, 6) is -0.809. The van der Waals surface area contributed by atoms with E-state index in [2.05, 4.69) is 15.3 Å². The van der Waals surface area contributed by atoms with E-state index in [4.69, 9.17) is 62.6 Å². The highest BCUT2D eigenvalue weighted by atomic mass is 16.8. The van der Waals surface area contributed by atoms with Crippen molar-refractivity contribution in [2.75, 3.05) is 26.2 Å². The van der Waals surface area contributed by atoms with Crippen LogP contribution in [0.15, 0.2) is 5.11 Å². The lowest BCUT2D eigenvalue weighted by Gasteiger charge is -2.46. The second-order valence-electron chi connectivity index (χ2n) is 12.7. The lowest BCUT2D eigenvalue weighted by atomic mass is 9.83. The highest BCUT2D eigenvalue weighted by Gasteiger charge is 2.54. The number of rotatable bonds is 14. The summed E-state index contributed by atoms with van der Waals surface area (Å²) in [5, 5.41) is 69.8. The largest absolute Gasteiger partial charge is 0.394 e. The Kier molecular flexibility index (Phi) is 14.7. The highest BCUT2D eigenvalue weighted by Crippen LogP contribution is 2.34. The monoisotopic (exact) mass is 709 g/mol. The minimum atomic E-state index is -1.67. The maximum absolute atomic E-state index is 12.7. The quantitative estimate of drug-likeness (QED) is 0.0453. The van der Waals surface area contributed by atoms with Crippen molar-refractivity contribution < 1.29 is 63.9 Å². The second kappa shape index (κ2) is 18.0. The number of amides is 1. The van der Waals surface area contributed by atoms with E-state index in [0.29, 0.717) is 12.8 Å². The molecule has 18 atom stereocenters. The van der Waals surface area contributed by atoms with Gasteiger partial charge in [-0.1, -0.05) is 5.11 Å². The van der Waals surface area contributed by atoms with Crippen LogP contribution in [0.5, 0.6) is 0 Å². The first-order chi connectivity index (χ1) is 23.3. The molecule has 22 nitrogen and oxygen atoms in total. The van der Waals surface area contributed by atoms with Gasteiger partial charge in [0, 0.05) is 17.5 Å². The molecule has 4 aliphatic rings. The van der Waals surface area contributed by atoms with E-state index in [1.807, 2.05) is 0 Å². The van der Waals surface area contributed by atoms with Gasteiger partial charge in [-0.3, -0.25) is 4.79 Å². The molecule has 0 aromatic rings. The van der Waals surface area contributed by atoms with Crippen LogP contribution in [0.4, 0.5) is 0 Å². The van der Waals surface area contributed by atoms with E-state index >= 15 is 0 Å². The molecule has 0 bridgehead atoms. The number of hydrogen-bond donors (Lipinski definition) is 12. The fraction of sp³-hybridized carbons (Fsp3) is 0.963. The van der Waals surface area contributed by atoms with E-state index in [9.17, 15) is 35.4 Å². The van der Waals surface area contributed by atoms with E-state index in [1.54, 1.807) is 0 Å². The summed E-state index contributed by atoms with van der Waals surface area (Å²) in [6.45, 7) is -0.825. The number of aliphatic hydroxyl groups excluding tert-OH is 6. The van der Waals surface area contributed by atoms with Crippen molar-refractivity contribution in [2.24, 2.45) is 33.8 Å². The average Bonchev–Trinajstić information content (AvgIpc) is 3.38. The molecule has 0 spiro atoms. The molecule has 1 unspecified atom stereocenters. The Labute approximate surface area is 281 Å². The molecule has 22 heteroatoms. The van der Waals surface area contributed by atoms with Gasteiger partial charge in [0.2, 0.25) is 5.91 Å². The third-order valence-electron chi connectivity index (χ3n) is 9.26. The average molecular weight is 710 g/mol. The van der Waals surface area contributed by atoms with Crippen molar-refractivity contribution in [1.82, 2.24) is 5.32 Å². The van der Waals surface area contributed by atoms with Gasteiger partial charge in [-0.05, 0) is 37.8 Å². The van der Waals surface area contributed by atoms with E-state index in [0.717, 1.165) is 0 Å². The van der Waals surface area contributed by atoms with Gasteiger partial charge in [-0.15, -0.1) is 0 Å². The molecular weight excluding hydrogens is 658 g/mol. The third kappa shape index (κ3) is 9.32. The van der Waals surface area contributed by atoms with E-state index < -0.39 is 123 Å². The molecule has 0 radical (unpaired) electrons. The minimum Gasteiger partial charge on any atom is -0.394 e. The summed E-state index contributed by atoms with van der Waals surface area (Å²) < 4.78 is 35.5. The molecule has 49 heavy (non-hydrogen) atoms. The van der Waals surface area contributed by atoms with Crippen molar-refractivity contribution in [1.29, 1.82) is 0 Å². The molecule has 3 aliphatic heterocycles. The van der Waals surface area contributed by atoms with Crippen LogP contribution >= 0.6 is 0 Å². The maximum atomic E-state index is 12.7. The zero-order chi connectivity index (χ0) is 36.0. The molecule has 1 saturated carbocycles. The van der Waals surface area contributed by atoms with Crippen LogP contribution < -0.4 is 34.0 Å². The summed E-state index contributed by atoms with van der Waals surface area (Å²) in [5.41, 5.74) is 38.6. The lowest BCUT2D eigenvalue weighted by Crippen LogP contribution is -2.67. The van der Waals surface area contributed by atoms with Crippen LogP contribution in [-0.2, 0) is 33.2 Å². The van der Waals surface area contributed by atoms with Crippen LogP contribution in [-0.4, -0.2) is 173 Å². The number of carbonyl (C=O) groups is 1. The Morgan fingerprint density at radius 3 is 2.20 bits per heavy atom. The van der Waals surface area contributed by atoms with Crippen molar-refractivity contribution in [3.8, 4) is 0 Å². The van der Waals surface area contributed by atoms with Gasteiger partial charge >= 0.3 is 0 Å². The molecule has 0 aromatic heterocycles. The van der Waals surface area contributed by atoms with Gasteiger partial charge in [0.05, 0.1) is 37.4 Å². The standard InChI is InChI=1S/C27H51N9O13/c28-4-3-13(38)24(43)35-12-5-11(31)21(47-25-10(30)2-1-9(44-25)7-34-36-33)23(17(12)39)49-27-20(42)22(15(8-37)46-27)48-26-16(32)19(41)18(40)14(6-29)45-26/h9-23,25-27,37-42H,1-8,28-32H2,(H,35,43)/t9-,10+,11-,12+,13-,14-,15+,16+,17-,18+,19+,20+,21+,22+,23+,25?,26+,27-/m0/s1. The predicted molar refractivity (Wildman–Crippen MR) is 164 cm³/mol. The Hall–Kier alpha value is -1.90. The number of carbonyl (C=O) groups excluding carboxylic acids is 1. The Morgan fingerprint density at radius 1 is 0.878 bits per heavy atom. The zero-order valence-corrected chi connectivity index (χ0v) is 26.8. The summed E-state index contributed by atoms with van der Waals surface area (Å²) in [7, 11) is 0. The van der Waals surface area contributed by atoms with Crippen molar-refractivity contribution in [2.45, 2.75) is 136 Å². The number of aliphatic hydroxyl groups is 6. The molecule has 0 aromatic carbocycles. The molecule has 1 amide bonds. The maximum Gasteiger partial charge on any atom is 0.249 e. The van der Waals surface area contributed by atoms with Crippen molar-refractivity contribution in [3.05, 3.63) is 10.4 Å². The minimum absolute atomic E-state index is 0.0179. The van der Waals surface area contributed by atoms with E-state index in [1.165, 1.54) is 0 Å². The molecule has 3 saturated heterocycles. The van der Waals surface area contributed by atoms with Gasteiger partial charge in [0.1, 0.15) is 61.0 Å². The third-order valence-corrected chi connectivity index (χ3v) is 9.26. The Bertz CT molecular complexity index is 1110. The zero-order valence-electron chi connectivity index (χ0n) is 26.8. The molecular formula is C27H51N9O13. The van der Waals surface area contributed by atoms with Crippen LogP contribution in [0, 0.1) is 0 Å². The van der Waals surface area contributed by atoms with Crippen molar-refractivity contribution in [3.63, 3.8) is 0 Å². The van der Waals surface area contributed by atoms with Crippen LogP contribution in [0.3, 0.4) is 0 Å². The normalized spacial score (nSPS) is 45.0. The predicted octanol–water partition coefficient (Wildman–Crippen LogP) is -6.62. The highest BCUT2D eigenvalue weighted by molar-refractivity contribution is 5.80. The van der Waals surface area contributed by atoms with Gasteiger partial charge in [0.25, 0.3) is 0 Å². The number of hydrogen-bond acceptors (Lipinski definition) is 19. The smallest absolute Gasteiger partial charge is 0.249 e. The first-order valence-electron chi connectivity index (χ1n) is 16.3. The lowest BCUT2D eigenvalue weighted by molar-refractivity contribution is -0.289. The molecule has 282 valence electrons. The summed E-state index contributed by atoms with van der Waals surface area (Å²) in [4.78, 5) is 15.4. The summed E-state index contributed by atoms with van der Waals surface area (Å²) in [6.07, 6.45) is -17.6. The number of ether oxygens (including phenoxy) is 6. The number of nitrogens with one attached hydrogen (secondary N) is 1. The van der Waals surface area contributed by atoms with Gasteiger partial charge in [-0.2, -0.15) is 0 Å². The van der Waals surface area contributed by atoms with Crippen LogP contribution in [0.2, 0.25) is 0 Å². The molecule has 4 fully saturated rings. The Morgan fingerprint density at radius 2 is 1.55 bits per heavy atom. The molecule has 3 heterocycles. The summed E-state index contributed by atoms with van der Waals surface area (Å²) >= 11 is 0. The first-order valence-corrected chi connectivity index (χ1v) is 16.3. The van der Waals surface area contributed by atoms with Crippen LogP contribution in [0.1, 0.15) is 25.7 Å². The van der Waals surface area contributed by atoms with Gasteiger partial charge < -0.3 is 93.0 Å². The molecule has 17 N–H and O–H groups in total. The van der Waals surface area contributed by atoms with Gasteiger partial charge in [-0.25, -0.2) is 0 Å². The Balaban J connectivity index is 1.55. The second-order valence-corrected chi connectivity index (χ2v) is 12.7. The number of nitrogens with zero attached hydrogens (tertiary/aromatic N) is 3. The first kappa shape index (κ1) is 39.9. The van der Waals surface area contributed by atoms with Gasteiger partial charge in [0.15, 0.2) is 18.9 Å². The van der Waals surface area contributed by atoms with Crippen LogP contribution in [0.25, 0.3) is 10.4 Å². The molecule has 4 rings (SSSR count). The SMILES string of the molecule is [N-]=[N+]=NC[C@@H]1CC[C@@H](N)C(O[C@H]2[C@H](O[C@@H]3O[C@H](CO)[C@@H](O[C@H]4O[C@@H](CN)[C@@H](O)[C@H](O)[C@H]4N)[C@H]3O)[C@@H](O)[C@H](NC(=O)[C@@H](O)CCN)C[C@@H]2N)O1. The van der Waals surface area contributed by atoms with Crippen molar-refractivity contribution >= 4 is 5.91 Å².